The number of aliphatic carboxylic acids is 1. The van der Waals surface area contributed by atoms with Gasteiger partial charge in [-0.3, -0.25) is 14.5 Å². The van der Waals surface area contributed by atoms with Gasteiger partial charge in [0.1, 0.15) is 0 Å². The molecular formula is C13H17ClN2O3. The van der Waals surface area contributed by atoms with Crippen molar-refractivity contribution >= 4 is 29.2 Å². The van der Waals surface area contributed by atoms with Gasteiger partial charge >= 0.3 is 5.97 Å². The van der Waals surface area contributed by atoms with E-state index in [1.54, 1.807) is 29.2 Å². The van der Waals surface area contributed by atoms with Crippen molar-refractivity contribution in [3.05, 3.63) is 29.3 Å². The maximum Gasteiger partial charge on any atom is 0.317 e. The van der Waals surface area contributed by atoms with E-state index in [9.17, 15) is 9.59 Å². The maximum absolute atomic E-state index is 11.7. The lowest BCUT2D eigenvalue weighted by molar-refractivity contribution is -0.138. The minimum Gasteiger partial charge on any atom is -0.480 e. The number of hydrogen-bond acceptors (Lipinski definition) is 3. The first-order valence-corrected chi connectivity index (χ1v) is 6.38. The van der Waals surface area contributed by atoms with Gasteiger partial charge in [-0.25, -0.2) is 0 Å². The van der Waals surface area contributed by atoms with Gasteiger partial charge in [0.05, 0.1) is 6.54 Å². The molecule has 0 fully saturated rings. The highest BCUT2D eigenvalue weighted by molar-refractivity contribution is 6.30. The number of carbonyl (C=O) groups is 2. The zero-order valence-electron chi connectivity index (χ0n) is 10.7. The second-order valence-electron chi connectivity index (χ2n) is 4.07. The van der Waals surface area contributed by atoms with Crippen LogP contribution >= 0.6 is 11.6 Å². The summed E-state index contributed by atoms with van der Waals surface area (Å²) < 4.78 is 0. The van der Waals surface area contributed by atoms with Crippen molar-refractivity contribution in [3.63, 3.8) is 0 Å². The SMILES string of the molecule is CCN(CCC(=O)Nc1cccc(Cl)c1)CC(=O)O. The summed E-state index contributed by atoms with van der Waals surface area (Å²) in [6.07, 6.45) is 0.244. The second kappa shape index (κ2) is 7.76. The van der Waals surface area contributed by atoms with Gasteiger partial charge in [-0.2, -0.15) is 0 Å². The summed E-state index contributed by atoms with van der Waals surface area (Å²) in [6.45, 7) is 2.81. The van der Waals surface area contributed by atoms with E-state index in [2.05, 4.69) is 5.32 Å². The number of amides is 1. The first-order valence-electron chi connectivity index (χ1n) is 6.01. The van der Waals surface area contributed by atoms with Gasteiger partial charge in [0.25, 0.3) is 0 Å². The number of carbonyl (C=O) groups excluding carboxylic acids is 1. The molecule has 0 atom stereocenters. The number of rotatable bonds is 7. The van der Waals surface area contributed by atoms with E-state index >= 15 is 0 Å². The molecule has 5 nitrogen and oxygen atoms in total. The molecule has 0 aliphatic carbocycles. The molecule has 0 saturated carbocycles. The Morgan fingerprint density at radius 2 is 2.16 bits per heavy atom. The number of nitrogens with one attached hydrogen (secondary N) is 1. The molecule has 0 heterocycles. The molecule has 0 unspecified atom stereocenters. The summed E-state index contributed by atoms with van der Waals surface area (Å²) in [4.78, 5) is 24.0. The molecule has 19 heavy (non-hydrogen) atoms. The highest BCUT2D eigenvalue weighted by atomic mass is 35.5. The number of nitrogens with zero attached hydrogens (tertiary/aromatic N) is 1. The van der Waals surface area contributed by atoms with E-state index in [0.29, 0.717) is 23.8 Å². The van der Waals surface area contributed by atoms with Gasteiger partial charge in [0.15, 0.2) is 0 Å². The third-order valence-electron chi connectivity index (χ3n) is 2.57. The molecule has 104 valence electrons. The monoisotopic (exact) mass is 284 g/mol. The molecule has 1 amide bonds. The van der Waals surface area contributed by atoms with Crippen LogP contribution in [-0.2, 0) is 9.59 Å². The number of carboxylic acid groups (broad SMARTS) is 1. The Hall–Kier alpha value is -1.59. The number of carboxylic acids is 1. The quantitative estimate of drug-likeness (QED) is 0.804. The molecule has 0 aliphatic rings. The molecule has 1 rings (SSSR count). The molecule has 0 spiro atoms. The van der Waals surface area contributed by atoms with Gasteiger partial charge in [-0.05, 0) is 24.7 Å². The molecule has 0 bridgehead atoms. The first-order chi connectivity index (χ1) is 9.01. The van der Waals surface area contributed by atoms with Crippen molar-refractivity contribution in [1.29, 1.82) is 0 Å². The average Bonchev–Trinajstić information content (AvgIpc) is 2.34. The van der Waals surface area contributed by atoms with Crippen molar-refractivity contribution in [3.8, 4) is 0 Å². The highest BCUT2D eigenvalue weighted by Gasteiger charge is 2.10. The topological polar surface area (TPSA) is 69.6 Å². The van der Waals surface area contributed by atoms with E-state index in [4.69, 9.17) is 16.7 Å². The Morgan fingerprint density at radius 3 is 2.74 bits per heavy atom. The zero-order chi connectivity index (χ0) is 14.3. The van der Waals surface area contributed by atoms with Crippen LogP contribution in [0.25, 0.3) is 0 Å². The fraction of sp³-hybridized carbons (Fsp3) is 0.385. The minimum absolute atomic E-state index is 0.0546. The van der Waals surface area contributed by atoms with Crippen LogP contribution in [0.4, 0.5) is 5.69 Å². The largest absolute Gasteiger partial charge is 0.480 e. The van der Waals surface area contributed by atoms with Crippen molar-refractivity contribution in [2.45, 2.75) is 13.3 Å². The van der Waals surface area contributed by atoms with Crippen molar-refractivity contribution in [2.24, 2.45) is 0 Å². The Balaban J connectivity index is 2.40. The van der Waals surface area contributed by atoms with Crippen molar-refractivity contribution in [2.75, 3.05) is 25.0 Å². The van der Waals surface area contributed by atoms with E-state index in [1.807, 2.05) is 6.92 Å². The number of hydrogen-bond donors (Lipinski definition) is 2. The summed E-state index contributed by atoms with van der Waals surface area (Å²) in [5.41, 5.74) is 0.638. The van der Waals surface area contributed by atoms with Crippen LogP contribution < -0.4 is 5.32 Å². The van der Waals surface area contributed by atoms with E-state index in [0.717, 1.165) is 0 Å². The fourth-order valence-electron chi connectivity index (χ4n) is 1.59. The third kappa shape index (κ3) is 6.22. The van der Waals surface area contributed by atoms with Gasteiger partial charge in [-0.15, -0.1) is 0 Å². The first kappa shape index (κ1) is 15.5. The molecule has 1 aromatic rings. The summed E-state index contributed by atoms with van der Waals surface area (Å²) in [7, 11) is 0. The molecule has 2 N–H and O–H groups in total. The Kier molecular flexibility index (Phi) is 6.32. The van der Waals surface area contributed by atoms with Gasteiger partial charge in [-0.1, -0.05) is 24.6 Å². The van der Waals surface area contributed by atoms with Crippen LogP contribution in [0.1, 0.15) is 13.3 Å². The lowest BCUT2D eigenvalue weighted by atomic mass is 10.3. The van der Waals surface area contributed by atoms with Gasteiger partial charge < -0.3 is 10.4 Å². The molecular weight excluding hydrogens is 268 g/mol. The molecule has 6 heteroatoms. The Labute approximate surface area is 117 Å². The van der Waals surface area contributed by atoms with Crippen LogP contribution in [0.5, 0.6) is 0 Å². The average molecular weight is 285 g/mol. The van der Waals surface area contributed by atoms with E-state index < -0.39 is 5.97 Å². The second-order valence-corrected chi connectivity index (χ2v) is 4.51. The maximum atomic E-state index is 11.7. The third-order valence-corrected chi connectivity index (χ3v) is 2.80. The summed E-state index contributed by atoms with van der Waals surface area (Å²) in [5.74, 6) is -1.05. The van der Waals surface area contributed by atoms with Crippen molar-refractivity contribution in [1.82, 2.24) is 4.90 Å². The van der Waals surface area contributed by atoms with E-state index in [1.165, 1.54) is 0 Å². The predicted molar refractivity (Wildman–Crippen MR) is 74.4 cm³/mol. The lowest BCUT2D eigenvalue weighted by Gasteiger charge is -2.17. The van der Waals surface area contributed by atoms with Crippen LogP contribution in [0, 0.1) is 0 Å². The summed E-state index contributed by atoms with van der Waals surface area (Å²) in [6, 6.07) is 6.89. The lowest BCUT2D eigenvalue weighted by Crippen LogP contribution is -2.32. The number of likely N-dealkylation sites (N-methyl/N-ethyl adjacent to an activating group) is 1. The molecule has 0 aliphatic heterocycles. The number of benzene rings is 1. The van der Waals surface area contributed by atoms with Crippen molar-refractivity contribution < 1.29 is 14.7 Å². The van der Waals surface area contributed by atoms with Gasteiger partial charge in [0.2, 0.25) is 5.91 Å². The summed E-state index contributed by atoms with van der Waals surface area (Å²) >= 11 is 5.81. The fourth-order valence-corrected chi connectivity index (χ4v) is 1.78. The number of halogens is 1. The Morgan fingerprint density at radius 1 is 1.42 bits per heavy atom. The van der Waals surface area contributed by atoms with Gasteiger partial charge in [0, 0.05) is 23.7 Å². The number of anilines is 1. The predicted octanol–water partition coefficient (Wildman–Crippen LogP) is 2.08. The smallest absolute Gasteiger partial charge is 0.317 e. The molecule has 0 aromatic heterocycles. The normalized spacial score (nSPS) is 10.5. The standard InChI is InChI=1S/C13H17ClN2O3/c1-2-16(9-13(18)19)7-6-12(17)15-11-5-3-4-10(14)8-11/h3-5,8H,2,6-7,9H2,1H3,(H,15,17)(H,18,19). The van der Waals surface area contributed by atoms with Crippen LogP contribution in [0.15, 0.2) is 24.3 Å². The minimum atomic E-state index is -0.892. The molecule has 1 aromatic carbocycles. The molecule has 0 saturated heterocycles. The van der Waals surface area contributed by atoms with Crippen LogP contribution in [0.3, 0.4) is 0 Å². The van der Waals surface area contributed by atoms with E-state index in [-0.39, 0.29) is 18.9 Å². The molecule has 0 radical (unpaired) electrons. The van der Waals surface area contributed by atoms with Crippen LogP contribution in [-0.4, -0.2) is 41.5 Å². The summed E-state index contributed by atoms with van der Waals surface area (Å²) in [5, 5.41) is 12.0. The zero-order valence-corrected chi connectivity index (χ0v) is 11.5. The highest BCUT2D eigenvalue weighted by Crippen LogP contribution is 2.14. The van der Waals surface area contributed by atoms with Crippen LogP contribution in [0.2, 0.25) is 5.02 Å². The Bertz CT molecular complexity index is 451.